The molecule has 2 amide bonds. The average Bonchev–Trinajstić information content (AvgIpc) is 3.32. The average molecular weight is 478 g/mol. The Kier molecular flexibility index (Phi) is 6.95. The first-order chi connectivity index (χ1) is 16.9. The second-order valence-electron chi connectivity index (χ2n) is 7.95. The Morgan fingerprint density at radius 1 is 1.31 bits per heavy atom. The van der Waals surface area contributed by atoms with E-state index in [1.807, 2.05) is 0 Å². The molecule has 3 heterocycles. The van der Waals surface area contributed by atoms with E-state index in [-0.39, 0.29) is 53.2 Å². The fourth-order valence-electron chi connectivity index (χ4n) is 3.90. The van der Waals surface area contributed by atoms with Crippen LogP contribution in [0.5, 0.6) is 11.8 Å². The van der Waals surface area contributed by atoms with E-state index in [1.54, 1.807) is 24.0 Å². The molecule has 3 aromatic rings. The molecular formula is C24H24FN7O3. The van der Waals surface area contributed by atoms with Gasteiger partial charge in [0.15, 0.2) is 11.6 Å². The van der Waals surface area contributed by atoms with Crippen LogP contribution in [0, 0.1) is 12.7 Å². The van der Waals surface area contributed by atoms with E-state index >= 15 is 0 Å². The van der Waals surface area contributed by atoms with Gasteiger partial charge in [0.25, 0.3) is 5.91 Å². The number of nitrogens with two attached hydrogens (primary N) is 1. The van der Waals surface area contributed by atoms with Crippen molar-refractivity contribution in [2.45, 2.75) is 25.8 Å². The van der Waals surface area contributed by atoms with Crippen molar-refractivity contribution in [3.63, 3.8) is 0 Å². The minimum Gasteiger partial charge on any atom is -0.421 e. The van der Waals surface area contributed by atoms with Gasteiger partial charge in [0.05, 0.1) is 5.56 Å². The lowest BCUT2D eigenvalue weighted by Gasteiger charge is -2.25. The number of benzene rings is 1. The van der Waals surface area contributed by atoms with Crippen LogP contribution in [0.25, 0.3) is 11.1 Å². The maximum Gasteiger partial charge on any atom is 0.322 e. The van der Waals surface area contributed by atoms with Gasteiger partial charge < -0.3 is 20.7 Å². The molecule has 0 radical (unpaired) electrons. The number of anilines is 1. The van der Waals surface area contributed by atoms with Crippen LogP contribution in [0.1, 0.15) is 29.0 Å². The van der Waals surface area contributed by atoms with E-state index < -0.39 is 5.82 Å². The molecule has 3 N–H and O–H groups in total. The maximum atomic E-state index is 15.0. The first kappa shape index (κ1) is 23.7. The number of carbonyl (C=O) groups excluding carboxylic acids is 2. The van der Waals surface area contributed by atoms with Gasteiger partial charge in [-0.25, -0.2) is 24.3 Å². The summed E-state index contributed by atoms with van der Waals surface area (Å²) < 4.78 is 20.4. The standard InChI is InChI=1S/C24H24FN7O3/c1-3-19(33)28-12-16-5-4-10-32(16)23(34)21-20(22(26)30-13-29-21)15-6-7-18(17(25)11-15)35-24-27-9-8-14(2)31-24/h3,6-9,11,13,16H,1,4-5,10,12H2,2H3,(H,28,33)(H2,26,29,30). The molecule has 1 unspecified atom stereocenters. The summed E-state index contributed by atoms with van der Waals surface area (Å²) in [5.41, 5.74) is 7.37. The van der Waals surface area contributed by atoms with E-state index in [1.165, 1.54) is 30.7 Å². The number of halogens is 1. The van der Waals surface area contributed by atoms with E-state index in [9.17, 15) is 14.0 Å². The van der Waals surface area contributed by atoms with Gasteiger partial charge in [-0.1, -0.05) is 12.6 Å². The number of nitrogens with zero attached hydrogens (tertiary/aromatic N) is 5. The van der Waals surface area contributed by atoms with Crippen LogP contribution < -0.4 is 15.8 Å². The molecule has 2 aromatic heterocycles. The lowest BCUT2D eigenvalue weighted by Crippen LogP contribution is -2.43. The highest BCUT2D eigenvalue weighted by molar-refractivity contribution is 6.01. The number of aryl methyl sites for hydroxylation is 1. The third-order valence-corrected chi connectivity index (χ3v) is 5.61. The van der Waals surface area contributed by atoms with Gasteiger partial charge in [-0.3, -0.25) is 9.59 Å². The number of hydrogen-bond donors (Lipinski definition) is 2. The van der Waals surface area contributed by atoms with Crippen molar-refractivity contribution in [2.24, 2.45) is 0 Å². The van der Waals surface area contributed by atoms with Gasteiger partial charge in [0, 0.05) is 31.0 Å². The van der Waals surface area contributed by atoms with Crippen molar-refractivity contribution in [2.75, 3.05) is 18.8 Å². The molecule has 1 atom stereocenters. The van der Waals surface area contributed by atoms with E-state index in [4.69, 9.17) is 10.5 Å². The predicted octanol–water partition coefficient (Wildman–Crippen LogP) is 2.66. The Labute approximate surface area is 201 Å². The van der Waals surface area contributed by atoms with Crippen LogP contribution in [-0.2, 0) is 4.79 Å². The van der Waals surface area contributed by atoms with Gasteiger partial charge in [-0.15, -0.1) is 0 Å². The summed E-state index contributed by atoms with van der Waals surface area (Å²) in [6.07, 6.45) is 5.38. The highest BCUT2D eigenvalue weighted by Gasteiger charge is 2.32. The van der Waals surface area contributed by atoms with Crippen molar-refractivity contribution in [3.8, 4) is 22.9 Å². The summed E-state index contributed by atoms with van der Waals surface area (Å²) in [6, 6.07) is 5.66. The van der Waals surface area contributed by atoms with Gasteiger partial charge in [0.1, 0.15) is 17.8 Å². The van der Waals surface area contributed by atoms with Gasteiger partial charge in [-0.2, -0.15) is 0 Å². The zero-order chi connectivity index (χ0) is 24.9. The summed E-state index contributed by atoms with van der Waals surface area (Å²) in [7, 11) is 0. The topological polar surface area (TPSA) is 136 Å². The number of amides is 2. The molecule has 0 bridgehead atoms. The van der Waals surface area contributed by atoms with Gasteiger partial charge in [0.2, 0.25) is 5.91 Å². The molecule has 4 rings (SSSR count). The van der Waals surface area contributed by atoms with E-state index in [2.05, 4.69) is 31.8 Å². The zero-order valence-electron chi connectivity index (χ0n) is 19.1. The number of ether oxygens (including phenoxy) is 1. The number of nitrogen functional groups attached to an aromatic ring is 1. The van der Waals surface area contributed by atoms with Gasteiger partial charge >= 0.3 is 6.01 Å². The van der Waals surface area contributed by atoms with Crippen molar-refractivity contribution in [1.29, 1.82) is 0 Å². The van der Waals surface area contributed by atoms with Crippen molar-refractivity contribution in [1.82, 2.24) is 30.2 Å². The van der Waals surface area contributed by atoms with Crippen molar-refractivity contribution in [3.05, 3.63) is 66.6 Å². The molecule has 35 heavy (non-hydrogen) atoms. The minimum atomic E-state index is -0.694. The van der Waals surface area contributed by atoms with E-state index in [0.717, 1.165) is 12.8 Å². The maximum absolute atomic E-state index is 15.0. The Hall–Kier alpha value is -4.41. The molecular weight excluding hydrogens is 453 g/mol. The highest BCUT2D eigenvalue weighted by atomic mass is 19.1. The van der Waals surface area contributed by atoms with Crippen LogP contribution in [-0.4, -0.2) is 55.8 Å². The summed E-state index contributed by atoms with van der Waals surface area (Å²) >= 11 is 0. The fraction of sp³-hybridized carbons (Fsp3) is 0.250. The first-order valence-electron chi connectivity index (χ1n) is 11.0. The third kappa shape index (κ3) is 5.24. The predicted molar refractivity (Wildman–Crippen MR) is 126 cm³/mol. The summed E-state index contributed by atoms with van der Waals surface area (Å²) in [5, 5.41) is 2.72. The lowest BCUT2D eigenvalue weighted by molar-refractivity contribution is -0.116. The monoisotopic (exact) mass is 477 g/mol. The first-order valence-corrected chi connectivity index (χ1v) is 11.0. The van der Waals surface area contributed by atoms with Crippen LogP contribution >= 0.6 is 0 Å². The van der Waals surface area contributed by atoms with Crippen LogP contribution in [0.2, 0.25) is 0 Å². The summed E-state index contributed by atoms with van der Waals surface area (Å²) in [6.45, 7) is 5.98. The molecule has 180 valence electrons. The number of likely N-dealkylation sites (tertiary alicyclic amines) is 1. The molecule has 10 nitrogen and oxygen atoms in total. The normalized spacial score (nSPS) is 15.0. The molecule has 0 saturated carbocycles. The largest absolute Gasteiger partial charge is 0.421 e. The van der Waals surface area contributed by atoms with E-state index in [0.29, 0.717) is 17.8 Å². The molecule has 1 aliphatic heterocycles. The number of hydrogen-bond acceptors (Lipinski definition) is 8. The third-order valence-electron chi connectivity index (χ3n) is 5.61. The van der Waals surface area contributed by atoms with Gasteiger partial charge in [-0.05, 0) is 49.6 Å². The minimum absolute atomic E-state index is 0.0127. The number of aromatic nitrogens is 4. The lowest BCUT2D eigenvalue weighted by atomic mass is 10.0. The number of carbonyl (C=O) groups is 2. The molecule has 1 aliphatic rings. The van der Waals surface area contributed by atoms with Crippen molar-refractivity contribution < 1.29 is 18.7 Å². The number of nitrogens with one attached hydrogen (secondary N) is 1. The molecule has 1 aromatic carbocycles. The quantitative estimate of drug-likeness (QED) is 0.496. The Morgan fingerprint density at radius 3 is 2.89 bits per heavy atom. The molecule has 11 heteroatoms. The highest BCUT2D eigenvalue weighted by Crippen LogP contribution is 2.33. The Balaban J connectivity index is 1.62. The summed E-state index contributed by atoms with van der Waals surface area (Å²) in [5.74, 6) is -1.43. The SMILES string of the molecule is C=CC(=O)NCC1CCCN1C(=O)c1ncnc(N)c1-c1ccc(Oc2nccc(C)n2)c(F)c1. The molecule has 0 aliphatic carbocycles. The zero-order valence-corrected chi connectivity index (χ0v) is 19.1. The molecule has 0 spiro atoms. The fourth-order valence-corrected chi connectivity index (χ4v) is 3.90. The molecule has 1 fully saturated rings. The Morgan fingerprint density at radius 2 is 2.14 bits per heavy atom. The Bertz CT molecular complexity index is 1280. The van der Waals surface area contributed by atoms with Crippen molar-refractivity contribution >= 4 is 17.6 Å². The van der Waals surface area contributed by atoms with Crippen LogP contribution in [0.3, 0.4) is 0 Å². The molecule has 1 saturated heterocycles. The van der Waals surface area contributed by atoms with Crippen LogP contribution in [0.15, 0.2) is 49.4 Å². The summed E-state index contributed by atoms with van der Waals surface area (Å²) in [4.78, 5) is 42.9. The second-order valence-corrected chi connectivity index (χ2v) is 7.95. The van der Waals surface area contributed by atoms with Crippen LogP contribution in [0.4, 0.5) is 10.2 Å². The number of rotatable bonds is 7. The smallest absolute Gasteiger partial charge is 0.322 e. The second kappa shape index (κ2) is 10.2.